The first-order valence-electron chi connectivity index (χ1n) is 6.02. The van der Waals surface area contributed by atoms with Crippen LogP contribution in [0.2, 0.25) is 0 Å². The minimum atomic E-state index is -0.508. The van der Waals surface area contributed by atoms with Gasteiger partial charge in [0.25, 0.3) is 0 Å². The second-order valence-corrected chi connectivity index (χ2v) is 5.15. The van der Waals surface area contributed by atoms with E-state index in [1.165, 1.54) is 0 Å². The Hall–Kier alpha value is -2.30. The molecule has 1 aromatic heterocycles. The van der Waals surface area contributed by atoms with Crippen LogP contribution in [0, 0.1) is 0 Å². The fourth-order valence-corrected chi connectivity index (χ4v) is 1.58. The Balaban J connectivity index is 2.10. The molecule has 0 unspecified atom stereocenters. The number of imidazole rings is 1. The molecule has 1 aromatic carbocycles. The lowest BCUT2D eigenvalue weighted by Crippen LogP contribution is -2.27. The summed E-state index contributed by atoms with van der Waals surface area (Å²) in [6.07, 6.45) is 4.78. The molecule has 2 aromatic rings. The molecule has 0 radical (unpaired) electrons. The maximum Gasteiger partial charge on any atom is 0.412 e. The van der Waals surface area contributed by atoms with Gasteiger partial charge in [-0.15, -0.1) is 0 Å². The van der Waals surface area contributed by atoms with Gasteiger partial charge < -0.3 is 9.30 Å². The van der Waals surface area contributed by atoms with Crippen LogP contribution in [0.5, 0.6) is 0 Å². The third kappa shape index (κ3) is 3.84. The predicted octanol–water partition coefficient (Wildman–Crippen LogP) is 3.22. The van der Waals surface area contributed by atoms with Gasteiger partial charge in [-0.25, -0.2) is 9.78 Å². The lowest BCUT2D eigenvalue weighted by Gasteiger charge is -2.19. The van der Waals surface area contributed by atoms with Crippen molar-refractivity contribution in [1.29, 1.82) is 0 Å². The van der Waals surface area contributed by atoms with Gasteiger partial charge in [-0.3, -0.25) is 5.32 Å². The zero-order chi connectivity index (χ0) is 13.9. The molecule has 0 aliphatic heterocycles. The number of hydrogen-bond acceptors (Lipinski definition) is 3. The summed E-state index contributed by atoms with van der Waals surface area (Å²) in [6, 6.07) is 7.46. The van der Waals surface area contributed by atoms with E-state index in [0.717, 1.165) is 5.69 Å². The van der Waals surface area contributed by atoms with Crippen LogP contribution in [0.1, 0.15) is 20.8 Å². The summed E-state index contributed by atoms with van der Waals surface area (Å²) in [5.41, 5.74) is 1.10. The van der Waals surface area contributed by atoms with Crippen LogP contribution in [0.3, 0.4) is 0 Å². The number of carbonyl (C=O) groups excluding carboxylic acids is 1. The van der Waals surface area contributed by atoms with Crippen LogP contribution in [0.4, 0.5) is 10.5 Å². The second kappa shape index (κ2) is 5.14. The average molecular weight is 259 g/mol. The van der Waals surface area contributed by atoms with Gasteiger partial charge in [0.1, 0.15) is 5.60 Å². The zero-order valence-corrected chi connectivity index (χ0v) is 11.3. The monoisotopic (exact) mass is 259 g/mol. The SMILES string of the molecule is CC(C)(C)OC(=O)Nc1cccc(-n2ccnc2)c1. The van der Waals surface area contributed by atoms with E-state index in [-0.39, 0.29) is 0 Å². The van der Waals surface area contributed by atoms with Crippen molar-refractivity contribution in [2.75, 3.05) is 5.32 Å². The van der Waals surface area contributed by atoms with Crippen molar-refractivity contribution in [2.45, 2.75) is 26.4 Å². The molecule has 1 N–H and O–H groups in total. The summed E-state index contributed by atoms with van der Waals surface area (Å²) >= 11 is 0. The van der Waals surface area contributed by atoms with Gasteiger partial charge in [-0.2, -0.15) is 0 Å². The van der Waals surface area contributed by atoms with Gasteiger partial charge in [0, 0.05) is 23.8 Å². The largest absolute Gasteiger partial charge is 0.444 e. The Bertz CT molecular complexity index is 556. The Labute approximate surface area is 112 Å². The van der Waals surface area contributed by atoms with E-state index in [1.807, 2.05) is 55.8 Å². The van der Waals surface area contributed by atoms with Crippen LogP contribution >= 0.6 is 0 Å². The lowest BCUT2D eigenvalue weighted by atomic mass is 10.2. The first-order chi connectivity index (χ1) is 8.94. The number of anilines is 1. The standard InChI is InChI=1S/C14H17N3O2/c1-14(2,3)19-13(18)16-11-5-4-6-12(9-11)17-8-7-15-10-17/h4-10H,1-3H3,(H,16,18). The van der Waals surface area contributed by atoms with Gasteiger partial charge in [0.2, 0.25) is 0 Å². The molecule has 5 nitrogen and oxygen atoms in total. The number of ether oxygens (including phenoxy) is 1. The lowest BCUT2D eigenvalue weighted by molar-refractivity contribution is 0.0636. The van der Waals surface area contributed by atoms with Crippen molar-refractivity contribution >= 4 is 11.8 Å². The van der Waals surface area contributed by atoms with Gasteiger partial charge >= 0.3 is 6.09 Å². The number of nitrogens with zero attached hydrogens (tertiary/aromatic N) is 2. The van der Waals surface area contributed by atoms with E-state index < -0.39 is 11.7 Å². The van der Waals surface area contributed by atoms with E-state index in [2.05, 4.69) is 10.3 Å². The molecule has 19 heavy (non-hydrogen) atoms. The third-order valence-corrected chi connectivity index (χ3v) is 2.29. The van der Waals surface area contributed by atoms with Crippen molar-refractivity contribution in [2.24, 2.45) is 0 Å². The minimum Gasteiger partial charge on any atom is -0.444 e. The molecule has 0 atom stereocenters. The Morgan fingerprint density at radius 2 is 2.16 bits per heavy atom. The highest BCUT2D eigenvalue weighted by Crippen LogP contribution is 2.16. The Morgan fingerprint density at radius 3 is 2.79 bits per heavy atom. The van der Waals surface area contributed by atoms with Crippen molar-refractivity contribution in [1.82, 2.24) is 9.55 Å². The number of carbonyl (C=O) groups is 1. The highest BCUT2D eigenvalue weighted by atomic mass is 16.6. The van der Waals surface area contributed by atoms with E-state index in [9.17, 15) is 4.79 Å². The molecule has 0 saturated carbocycles. The molecule has 1 heterocycles. The highest BCUT2D eigenvalue weighted by molar-refractivity contribution is 5.85. The first kappa shape index (κ1) is 13.1. The summed E-state index contributed by atoms with van der Waals surface area (Å²) in [6.45, 7) is 5.48. The topological polar surface area (TPSA) is 56.1 Å². The molecule has 0 aliphatic carbocycles. The number of nitrogens with one attached hydrogen (secondary N) is 1. The molecule has 0 bridgehead atoms. The van der Waals surface area contributed by atoms with Gasteiger partial charge in [0.05, 0.1) is 6.33 Å². The molecule has 0 saturated heterocycles. The maximum atomic E-state index is 11.7. The molecule has 5 heteroatoms. The quantitative estimate of drug-likeness (QED) is 0.900. The Kier molecular flexibility index (Phi) is 3.55. The van der Waals surface area contributed by atoms with Crippen LogP contribution in [-0.4, -0.2) is 21.2 Å². The molecule has 100 valence electrons. The summed E-state index contributed by atoms with van der Waals surface area (Å²) in [5, 5.41) is 2.71. The van der Waals surface area contributed by atoms with Crippen molar-refractivity contribution in [3.8, 4) is 5.69 Å². The number of aromatic nitrogens is 2. The first-order valence-corrected chi connectivity index (χ1v) is 6.02. The fraction of sp³-hybridized carbons (Fsp3) is 0.286. The molecule has 0 aliphatic rings. The van der Waals surface area contributed by atoms with Crippen LogP contribution < -0.4 is 5.32 Å². The van der Waals surface area contributed by atoms with E-state index in [1.54, 1.807) is 12.5 Å². The smallest absolute Gasteiger partial charge is 0.412 e. The number of hydrogen-bond donors (Lipinski definition) is 1. The molecular weight excluding hydrogens is 242 g/mol. The zero-order valence-electron chi connectivity index (χ0n) is 11.3. The summed E-state index contributed by atoms with van der Waals surface area (Å²) in [5.74, 6) is 0. The van der Waals surface area contributed by atoms with E-state index in [0.29, 0.717) is 5.69 Å². The van der Waals surface area contributed by atoms with Crippen LogP contribution in [0.15, 0.2) is 43.0 Å². The highest BCUT2D eigenvalue weighted by Gasteiger charge is 2.16. The maximum absolute atomic E-state index is 11.7. The van der Waals surface area contributed by atoms with Crippen molar-refractivity contribution < 1.29 is 9.53 Å². The molecule has 1 amide bonds. The summed E-state index contributed by atoms with van der Waals surface area (Å²) in [4.78, 5) is 15.7. The molecule has 2 rings (SSSR count). The van der Waals surface area contributed by atoms with Gasteiger partial charge in [0.15, 0.2) is 0 Å². The summed E-state index contributed by atoms with van der Waals surface area (Å²) in [7, 11) is 0. The van der Waals surface area contributed by atoms with E-state index in [4.69, 9.17) is 4.74 Å². The number of amides is 1. The van der Waals surface area contributed by atoms with Crippen LogP contribution in [0.25, 0.3) is 5.69 Å². The van der Waals surface area contributed by atoms with Gasteiger partial charge in [-0.1, -0.05) is 6.07 Å². The van der Waals surface area contributed by atoms with Crippen molar-refractivity contribution in [3.63, 3.8) is 0 Å². The minimum absolute atomic E-state index is 0.463. The molecule has 0 fully saturated rings. The van der Waals surface area contributed by atoms with Crippen LogP contribution in [-0.2, 0) is 4.74 Å². The normalized spacial score (nSPS) is 11.1. The van der Waals surface area contributed by atoms with Gasteiger partial charge in [-0.05, 0) is 39.0 Å². The number of rotatable bonds is 2. The van der Waals surface area contributed by atoms with E-state index >= 15 is 0 Å². The predicted molar refractivity (Wildman–Crippen MR) is 73.4 cm³/mol. The Morgan fingerprint density at radius 1 is 1.37 bits per heavy atom. The second-order valence-electron chi connectivity index (χ2n) is 5.15. The molecule has 0 spiro atoms. The third-order valence-electron chi connectivity index (χ3n) is 2.29. The molecular formula is C14H17N3O2. The number of benzene rings is 1. The fourth-order valence-electron chi connectivity index (χ4n) is 1.58. The summed E-state index contributed by atoms with van der Waals surface area (Å²) < 4.78 is 7.06. The van der Waals surface area contributed by atoms with Crippen molar-refractivity contribution in [3.05, 3.63) is 43.0 Å². The average Bonchev–Trinajstić information content (AvgIpc) is 2.79.